The van der Waals surface area contributed by atoms with Crippen LogP contribution in [0.2, 0.25) is 5.15 Å². The maximum atomic E-state index is 12.4. The number of carbonyl (C=O) groups is 2. The third-order valence-electron chi connectivity index (χ3n) is 4.37. The molecule has 3 rings (SSSR count). The summed E-state index contributed by atoms with van der Waals surface area (Å²) in [5, 5.41) is 0.430. The van der Waals surface area contributed by atoms with Crippen LogP contribution in [0.1, 0.15) is 24.8 Å². The minimum atomic E-state index is -0.207. The molecule has 2 fully saturated rings. The van der Waals surface area contributed by atoms with E-state index in [-0.39, 0.29) is 11.9 Å². The highest BCUT2D eigenvalue weighted by atomic mass is 35.5. The predicted octanol–water partition coefficient (Wildman–Crippen LogP) is 1.99. The number of carbonyl (C=O) groups excluding carboxylic acids is 2. The van der Waals surface area contributed by atoms with Crippen molar-refractivity contribution in [1.82, 2.24) is 19.7 Å². The standard InChI is InChI=1S/C16H21ClN4O2/c17-14-5-4-13(10-18-14)11-20-8-9-21(16(20)23)15(22)12-19-6-2-1-3-7-19/h4-5,10H,1-3,6-9,11-12H2. The highest BCUT2D eigenvalue weighted by molar-refractivity contribution is 6.29. The van der Waals surface area contributed by atoms with Crippen molar-refractivity contribution >= 4 is 23.5 Å². The first-order chi connectivity index (χ1) is 11.1. The van der Waals surface area contributed by atoms with E-state index in [1.807, 2.05) is 6.07 Å². The summed E-state index contributed by atoms with van der Waals surface area (Å²) < 4.78 is 0. The maximum Gasteiger partial charge on any atom is 0.327 e. The molecule has 23 heavy (non-hydrogen) atoms. The quantitative estimate of drug-likeness (QED) is 0.789. The van der Waals surface area contributed by atoms with Crippen LogP contribution in [-0.4, -0.2) is 64.3 Å². The molecule has 3 heterocycles. The van der Waals surface area contributed by atoms with Gasteiger partial charge in [0, 0.05) is 25.8 Å². The molecule has 0 unspecified atom stereocenters. The summed E-state index contributed by atoms with van der Waals surface area (Å²) in [5.41, 5.74) is 0.910. The Morgan fingerprint density at radius 2 is 1.91 bits per heavy atom. The fraction of sp³-hybridized carbons (Fsp3) is 0.562. The number of rotatable bonds is 4. The van der Waals surface area contributed by atoms with Gasteiger partial charge >= 0.3 is 6.03 Å². The molecule has 0 spiro atoms. The number of hydrogen-bond donors (Lipinski definition) is 0. The molecule has 0 aromatic carbocycles. The van der Waals surface area contributed by atoms with E-state index in [9.17, 15) is 9.59 Å². The number of imide groups is 1. The van der Waals surface area contributed by atoms with E-state index >= 15 is 0 Å². The highest BCUT2D eigenvalue weighted by Gasteiger charge is 2.33. The van der Waals surface area contributed by atoms with Crippen LogP contribution in [0.3, 0.4) is 0 Å². The fourth-order valence-electron chi connectivity index (χ4n) is 3.08. The van der Waals surface area contributed by atoms with Gasteiger partial charge in [-0.1, -0.05) is 24.1 Å². The van der Waals surface area contributed by atoms with Crippen LogP contribution in [0.4, 0.5) is 4.79 Å². The summed E-state index contributed by atoms with van der Waals surface area (Å²) >= 11 is 5.77. The minimum Gasteiger partial charge on any atom is -0.318 e. The molecule has 0 aliphatic carbocycles. The van der Waals surface area contributed by atoms with E-state index in [1.54, 1.807) is 17.2 Å². The molecule has 0 N–H and O–H groups in total. The lowest BCUT2D eigenvalue weighted by molar-refractivity contribution is -0.129. The van der Waals surface area contributed by atoms with Crippen molar-refractivity contribution in [3.05, 3.63) is 29.0 Å². The van der Waals surface area contributed by atoms with Crippen LogP contribution >= 0.6 is 11.6 Å². The smallest absolute Gasteiger partial charge is 0.318 e. The van der Waals surface area contributed by atoms with Gasteiger partial charge in [0.1, 0.15) is 5.15 Å². The average molecular weight is 337 g/mol. The van der Waals surface area contributed by atoms with E-state index in [0.717, 1.165) is 31.5 Å². The van der Waals surface area contributed by atoms with E-state index in [4.69, 9.17) is 11.6 Å². The minimum absolute atomic E-state index is 0.0892. The number of nitrogens with zero attached hydrogens (tertiary/aromatic N) is 4. The number of piperidine rings is 1. The third kappa shape index (κ3) is 4.00. The lowest BCUT2D eigenvalue weighted by Crippen LogP contribution is -2.44. The van der Waals surface area contributed by atoms with Gasteiger partial charge in [-0.2, -0.15) is 0 Å². The molecule has 0 radical (unpaired) electrons. The molecule has 2 saturated heterocycles. The molecule has 2 aliphatic heterocycles. The molecule has 124 valence electrons. The van der Waals surface area contributed by atoms with Crippen LogP contribution in [0, 0.1) is 0 Å². The largest absolute Gasteiger partial charge is 0.327 e. The Bertz CT molecular complexity index is 572. The summed E-state index contributed by atoms with van der Waals surface area (Å²) in [5.74, 6) is -0.0892. The van der Waals surface area contributed by atoms with Crippen LogP contribution in [0.25, 0.3) is 0 Å². The van der Waals surface area contributed by atoms with Gasteiger partial charge < -0.3 is 4.90 Å². The zero-order valence-electron chi connectivity index (χ0n) is 13.1. The first-order valence-corrected chi connectivity index (χ1v) is 8.43. The van der Waals surface area contributed by atoms with Gasteiger partial charge in [0.25, 0.3) is 0 Å². The summed E-state index contributed by atoms with van der Waals surface area (Å²) in [4.78, 5) is 34.0. The number of hydrogen-bond acceptors (Lipinski definition) is 4. The Hall–Kier alpha value is -1.66. The van der Waals surface area contributed by atoms with Crippen molar-refractivity contribution < 1.29 is 9.59 Å². The SMILES string of the molecule is O=C(CN1CCCCC1)N1CCN(Cc2ccc(Cl)nc2)C1=O. The summed E-state index contributed by atoms with van der Waals surface area (Å²) in [6, 6.07) is 3.35. The van der Waals surface area contributed by atoms with Crippen LogP contribution in [-0.2, 0) is 11.3 Å². The molecule has 7 heteroatoms. The number of aromatic nitrogens is 1. The Morgan fingerprint density at radius 1 is 1.13 bits per heavy atom. The van der Waals surface area contributed by atoms with Crippen molar-refractivity contribution in [2.75, 3.05) is 32.7 Å². The number of urea groups is 1. The van der Waals surface area contributed by atoms with Gasteiger partial charge in [0.05, 0.1) is 6.54 Å². The Kier molecular flexibility index (Phi) is 5.13. The number of likely N-dealkylation sites (tertiary alicyclic amines) is 1. The molecule has 2 aliphatic rings. The van der Waals surface area contributed by atoms with Crippen LogP contribution < -0.4 is 0 Å². The molecule has 0 bridgehead atoms. The molecule has 0 saturated carbocycles. The second kappa shape index (κ2) is 7.27. The molecular formula is C16H21ClN4O2. The van der Waals surface area contributed by atoms with Gasteiger partial charge in [-0.25, -0.2) is 9.78 Å². The van der Waals surface area contributed by atoms with Crippen molar-refractivity contribution in [2.45, 2.75) is 25.8 Å². The normalized spacial score (nSPS) is 19.4. The molecule has 3 amide bonds. The van der Waals surface area contributed by atoms with Gasteiger partial charge in [0.2, 0.25) is 5.91 Å². The topological polar surface area (TPSA) is 56.8 Å². The van der Waals surface area contributed by atoms with Gasteiger partial charge in [-0.15, -0.1) is 0 Å². The van der Waals surface area contributed by atoms with Gasteiger partial charge in [-0.05, 0) is 37.6 Å². The fourth-order valence-corrected chi connectivity index (χ4v) is 3.19. The van der Waals surface area contributed by atoms with E-state index < -0.39 is 0 Å². The van der Waals surface area contributed by atoms with Crippen molar-refractivity contribution in [3.8, 4) is 0 Å². The molecule has 6 nitrogen and oxygen atoms in total. The van der Waals surface area contributed by atoms with E-state index in [1.165, 1.54) is 11.3 Å². The Balaban J connectivity index is 1.55. The predicted molar refractivity (Wildman–Crippen MR) is 87.1 cm³/mol. The second-order valence-corrected chi connectivity index (χ2v) is 6.46. The van der Waals surface area contributed by atoms with Crippen molar-refractivity contribution in [2.24, 2.45) is 0 Å². The Morgan fingerprint density at radius 3 is 2.61 bits per heavy atom. The lowest BCUT2D eigenvalue weighted by atomic mass is 10.1. The lowest BCUT2D eigenvalue weighted by Gasteiger charge is -2.27. The molecule has 1 aromatic heterocycles. The van der Waals surface area contributed by atoms with Gasteiger partial charge in [-0.3, -0.25) is 14.6 Å². The van der Waals surface area contributed by atoms with E-state index in [2.05, 4.69) is 9.88 Å². The maximum absolute atomic E-state index is 12.4. The first-order valence-electron chi connectivity index (χ1n) is 8.05. The second-order valence-electron chi connectivity index (χ2n) is 6.08. The number of amides is 3. The first kappa shape index (κ1) is 16.2. The van der Waals surface area contributed by atoms with E-state index in [0.29, 0.717) is 31.3 Å². The number of halogens is 1. The summed E-state index contributed by atoms with van der Waals surface area (Å²) in [7, 11) is 0. The highest BCUT2D eigenvalue weighted by Crippen LogP contribution is 2.15. The zero-order chi connectivity index (χ0) is 16.2. The van der Waals surface area contributed by atoms with Gasteiger partial charge in [0.15, 0.2) is 0 Å². The monoisotopic (exact) mass is 336 g/mol. The van der Waals surface area contributed by atoms with Crippen LogP contribution in [0.5, 0.6) is 0 Å². The van der Waals surface area contributed by atoms with Crippen LogP contribution in [0.15, 0.2) is 18.3 Å². The number of pyridine rings is 1. The summed E-state index contributed by atoms with van der Waals surface area (Å²) in [6.45, 7) is 3.74. The molecular weight excluding hydrogens is 316 g/mol. The Labute approximate surface area is 141 Å². The van der Waals surface area contributed by atoms with Crippen molar-refractivity contribution in [1.29, 1.82) is 0 Å². The molecule has 0 atom stereocenters. The summed E-state index contributed by atoms with van der Waals surface area (Å²) in [6.07, 6.45) is 5.16. The molecule has 1 aromatic rings. The zero-order valence-corrected chi connectivity index (χ0v) is 13.8. The average Bonchev–Trinajstić information content (AvgIpc) is 2.91. The third-order valence-corrected chi connectivity index (χ3v) is 4.59. The van der Waals surface area contributed by atoms with Crippen molar-refractivity contribution in [3.63, 3.8) is 0 Å².